The van der Waals surface area contributed by atoms with Gasteiger partial charge in [-0.25, -0.2) is 0 Å². The van der Waals surface area contributed by atoms with Gasteiger partial charge >= 0.3 is 0 Å². The highest BCUT2D eigenvalue weighted by Crippen LogP contribution is 2.33. The largest absolute Gasteiger partial charge is 0.330 e. The number of para-hydroxylation sites is 1. The van der Waals surface area contributed by atoms with Crippen LogP contribution in [0.5, 0.6) is 0 Å². The SMILES string of the molecule is CCCCC(=O)Nc1c(-c2cccc3ccccc23)c(=O)c2ccccc2n1C. The van der Waals surface area contributed by atoms with Crippen molar-refractivity contribution in [2.24, 2.45) is 7.05 Å². The van der Waals surface area contributed by atoms with Crippen LogP contribution in [-0.2, 0) is 11.8 Å². The highest BCUT2D eigenvalue weighted by Gasteiger charge is 2.20. The van der Waals surface area contributed by atoms with Gasteiger partial charge < -0.3 is 9.88 Å². The van der Waals surface area contributed by atoms with Gasteiger partial charge in [-0.05, 0) is 34.9 Å². The molecule has 0 aliphatic heterocycles. The minimum atomic E-state index is -0.0707. The van der Waals surface area contributed by atoms with Crippen molar-refractivity contribution in [2.75, 3.05) is 5.32 Å². The maximum atomic E-state index is 13.6. The Bertz CT molecular complexity index is 1270. The average molecular weight is 384 g/mol. The smallest absolute Gasteiger partial charge is 0.225 e. The monoisotopic (exact) mass is 384 g/mol. The van der Waals surface area contributed by atoms with E-state index in [1.807, 2.05) is 78.3 Å². The van der Waals surface area contributed by atoms with E-state index in [4.69, 9.17) is 0 Å². The zero-order valence-corrected chi connectivity index (χ0v) is 16.7. The number of aromatic nitrogens is 1. The molecular formula is C25H24N2O2. The second kappa shape index (κ2) is 7.92. The van der Waals surface area contributed by atoms with Crippen LogP contribution in [0.2, 0.25) is 0 Å². The molecule has 0 bridgehead atoms. The minimum absolute atomic E-state index is 0.0687. The summed E-state index contributed by atoms with van der Waals surface area (Å²) in [5, 5.41) is 5.73. The lowest BCUT2D eigenvalue weighted by atomic mass is 9.96. The molecule has 4 aromatic rings. The molecule has 3 aromatic carbocycles. The van der Waals surface area contributed by atoms with Gasteiger partial charge in [-0.1, -0.05) is 67.9 Å². The Balaban J connectivity index is 2.03. The molecule has 146 valence electrons. The van der Waals surface area contributed by atoms with Gasteiger partial charge in [0, 0.05) is 18.9 Å². The van der Waals surface area contributed by atoms with Gasteiger partial charge in [-0.15, -0.1) is 0 Å². The lowest BCUT2D eigenvalue weighted by Crippen LogP contribution is -2.21. The quantitative estimate of drug-likeness (QED) is 0.495. The van der Waals surface area contributed by atoms with Crippen molar-refractivity contribution in [1.29, 1.82) is 0 Å². The number of hydrogen-bond acceptors (Lipinski definition) is 2. The zero-order valence-electron chi connectivity index (χ0n) is 16.7. The molecule has 1 amide bonds. The van der Waals surface area contributed by atoms with E-state index in [1.165, 1.54) is 0 Å². The van der Waals surface area contributed by atoms with Crippen LogP contribution < -0.4 is 10.7 Å². The number of pyridine rings is 1. The van der Waals surface area contributed by atoms with E-state index in [-0.39, 0.29) is 11.3 Å². The van der Waals surface area contributed by atoms with Crippen molar-refractivity contribution in [2.45, 2.75) is 26.2 Å². The fraction of sp³-hybridized carbons (Fsp3) is 0.200. The number of carbonyl (C=O) groups excluding carboxylic acids is 1. The van der Waals surface area contributed by atoms with Crippen molar-refractivity contribution in [1.82, 2.24) is 4.57 Å². The third-order valence-electron chi connectivity index (χ3n) is 5.38. The van der Waals surface area contributed by atoms with Crippen molar-refractivity contribution >= 4 is 33.4 Å². The number of carbonyl (C=O) groups is 1. The van der Waals surface area contributed by atoms with Crippen LogP contribution in [0.1, 0.15) is 26.2 Å². The molecule has 0 aliphatic rings. The Morgan fingerprint density at radius 3 is 2.41 bits per heavy atom. The first-order valence-corrected chi connectivity index (χ1v) is 10.0. The molecule has 1 heterocycles. The molecule has 1 aromatic heterocycles. The lowest BCUT2D eigenvalue weighted by molar-refractivity contribution is -0.116. The fourth-order valence-electron chi connectivity index (χ4n) is 3.86. The van der Waals surface area contributed by atoms with Gasteiger partial charge in [-0.2, -0.15) is 0 Å². The molecule has 1 N–H and O–H groups in total. The van der Waals surface area contributed by atoms with E-state index >= 15 is 0 Å². The van der Waals surface area contributed by atoms with E-state index in [0.29, 0.717) is 23.2 Å². The molecule has 0 aliphatic carbocycles. The Kier molecular flexibility index (Phi) is 5.17. The number of nitrogens with zero attached hydrogens (tertiary/aromatic N) is 1. The number of unbranched alkanes of at least 4 members (excludes halogenated alkanes) is 1. The van der Waals surface area contributed by atoms with Crippen LogP contribution >= 0.6 is 0 Å². The molecule has 4 nitrogen and oxygen atoms in total. The number of benzene rings is 3. The predicted molar refractivity (Wildman–Crippen MR) is 120 cm³/mol. The van der Waals surface area contributed by atoms with Crippen LogP contribution in [0.4, 0.5) is 5.82 Å². The minimum Gasteiger partial charge on any atom is -0.330 e. The Morgan fingerprint density at radius 1 is 0.931 bits per heavy atom. The summed E-state index contributed by atoms with van der Waals surface area (Å²) in [6.07, 6.45) is 2.20. The maximum Gasteiger partial charge on any atom is 0.225 e. The second-order valence-corrected chi connectivity index (χ2v) is 7.31. The molecule has 0 fully saturated rings. The molecular weight excluding hydrogens is 360 g/mol. The first-order valence-electron chi connectivity index (χ1n) is 10.0. The second-order valence-electron chi connectivity index (χ2n) is 7.31. The fourth-order valence-corrected chi connectivity index (χ4v) is 3.86. The van der Waals surface area contributed by atoms with Crippen molar-refractivity contribution < 1.29 is 4.79 Å². The first kappa shape index (κ1) is 18.9. The molecule has 0 saturated carbocycles. The normalized spacial score (nSPS) is 11.1. The summed E-state index contributed by atoms with van der Waals surface area (Å²) in [5.41, 5.74) is 2.10. The molecule has 0 atom stereocenters. The van der Waals surface area contributed by atoms with E-state index in [0.717, 1.165) is 34.7 Å². The number of rotatable bonds is 5. The van der Waals surface area contributed by atoms with Gasteiger partial charge in [-0.3, -0.25) is 9.59 Å². The summed E-state index contributed by atoms with van der Waals surface area (Å²) in [7, 11) is 1.89. The zero-order chi connectivity index (χ0) is 20.4. The maximum absolute atomic E-state index is 13.6. The number of fused-ring (bicyclic) bond motifs is 2. The standard InChI is InChI=1S/C25H24N2O2/c1-3-4-16-22(28)26-25-23(19-14-9-11-17-10-5-6-12-18(17)19)24(29)20-13-7-8-15-21(20)27(25)2/h5-15H,3-4,16H2,1-2H3,(H,26,28). The van der Waals surface area contributed by atoms with E-state index in [9.17, 15) is 9.59 Å². The Labute approximate surface area is 169 Å². The van der Waals surface area contributed by atoms with E-state index in [1.54, 1.807) is 0 Å². The third-order valence-corrected chi connectivity index (χ3v) is 5.38. The van der Waals surface area contributed by atoms with Crippen molar-refractivity contribution in [3.8, 4) is 11.1 Å². The van der Waals surface area contributed by atoms with Gasteiger partial charge in [0.25, 0.3) is 0 Å². The summed E-state index contributed by atoms with van der Waals surface area (Å²) < 4.78 is 1.91. The number of anilines is 1. The summed E-state index contributed by atoms with van der Waals surface area (Å²) >= 11 is 0. The van der Waals surface area contributed by atoms with Crippen LogP contribution in [0.15, 0.2) is 71.5 Å². The summed E-state index contributed by atoms with van der Waals surface area (Å²) in [4.78, 5) is 26.2. The molecule has 4 heteroatoms. The van der Waals surface area contributed by atoms with Crippen molar-refractivity contribution in [3.05, 3.63) is 77.0 Å². The Hall–Kier alpha value is -3.40. The van der Waals surface area contributed by atoms with Crippen molar-refractivity contribution in [3.63, 3.8) is 0 Å². The van der Waals surface area contributed by atoms with Gasteiger partial charge in [0.2, 0.25) is 5.91 Å². The summed E-state index contributed by atoms with van der Waals surface area (Å²) in [6.45, 7) is 2.06. The third kappa shape index (κ3) is 3.42. The van der Waals surface area contributed by atoms with Crippen LogP contribution in [-0.4, -0.2) is 10.5 Å². The molecule has 29 heavy (non-hydrogen) atoms. The van der Waals surface area contributed by atoms with Crippen LogP contribution in [0.25, 0.3) is 32.8 Å². The molecule has 4 rings (SSSR count). The van der Waals surface area contributed by atoms with Crippen LogP contribution in [0, 0.1) is 0 Å². The molecule has 0 unspecified atom stereocenters. The summed E-state index contributed by atoms with van der Waals surface area (Å²) in [6, 6.07) is 21.5. The lowest BCUT2D eigenvalue weighted by Gasteiger charge is -2.19. The van der Waals surface area contributed by atoms with Gasteiger partial charge in [0.15, 0.2) is 5.43 Å². The molecule has 0 spiro atoms. The Morgan fingerprint density at radius 2 is 1.62 bits per heavy atom. The summed E-state index contributed by atoms with van der Waals surface area (Å²) in [5.74, 6) is 0.477. The average Bonchev–Trinajstić information content (AvgIpc) is 2.76. The predicted octanol–water partition coefficient (Wildman–Crippen LogP) is 5.49. The molecule has 0 saturated heterocycles. The topological polar surface area (TPSA) is 51.1 Å². The highest BCUT2D eigenvalue weighted by molar-refractivity contribution is 6.04. The number of aryl methyl sites for hydroxylation is 1. The van der Waals surface area contributed by atoms with E-state index in [2.05, 4.69) is 12.2 Å². The van der Waals surface area contributed by atoms with E-state index < -0.39 is 0 Å². The first-order chi connectivity index (χ1) is 14.1. The number of nitrogens with one attached hydrogen (secondary N) is 1. The highest BCUT2D eigenvalue weighted by atomic mass is 16.1. The number of amides is 1. The number of hydrogen-bond donors (Lipinski definition) is 1. The van der Waals surface area contributed by atoms with Crippen LogP contribution in [0.3, 0.4) is 0 Å². The molecule has 0 radical (unpaired) electrons. The van der Waals surface area contributed by atoms with Gasteiger partial charge in [0.05, 0.1) is 11.1 Å². The van der Waals surface area contributed by atoms with Gasteiger partial charge in [0.1, 0.15) is 5.82 Å².